The van der Waals surface area contributed by atoms with Gasteiger partial charge in [-0.05, 0) is 31.5 Å². The Balaban J connectivity index is 0.00000121. The number of para-hydroxylation sites is 1. The van der Waals surface area contributed by atoms with Crippen LogP contribution in [-0.2, 0) is 11.3 Å². The summed E-state index contributed by atoms with van der Waals surface area (Å²) in [6.45, 7) is 4.22. The molecule has 1 aromatic heterocycles. The van der Waals surface area contributed by atoms with Gasteiger partial charge in [-0.25, -0.2) is 0 Å². The van der Waals surface area contributed by atoms with Crippen molar-refractivity contribution in [1.29, 1.82) is 0 Å². The van der Waals surface area contributed by atoms with Crippen molar-refractivity contribution >= 4 is 41.6 Å². The summed E-state index contributed by atoms with van der Waals surface area (Å²) in [5.41, 5.74) is 1.74. The Labute approximate surface area is 142 Å². The molecule has 4 nitrogen and oxygen atoms in total. The van der Waals surface area contributed by atoms with Crippen molar-refractivity contribution in [3.8, 4) is 0 Å². The third-order valence-corrected chi connectivity index (χ3v) is 4.07. The molecule has 0 aliphatic carbocycles. The van der Waals surface area contributed by atoms with Crippen LogP contribution < -0.4 is 10.6 Å². The van der Waals surface area contributed by atoms with E-state index in [1.807, 2.05) is 37.3 Å². The minimum Gasteiger partial charge on any atom is -0.351 e. The van der Waals surface area contributed by atoms with Crippen LogP contribution in [-0.4, -0.2) is 24.0 Å². The Morgan fingerprint density at radius 2 is 2.09 bits per heavy atom. The second-order valence-corrected chi connectivity index (χ2v) is 5.66. The van der Waals surface area contributed by atoms with Gasteiger partial charge in [0.05, 0.1) is 10.9 Å². The predicted octanol–water partition coefficient (Wildman–Crippen LogP) is 2.69. The molecule has 0 radical (unpaired) electrons. The lowest BCUT2D eigenvalue weighted by Gasteiger charge is -2.21. The average molecular weight is 342 g/mol. The molecule has 2 aromatic rings. The zero-order valence-corrected chi connectivity index (χ0v) is 14.1. The first-order chi connectivity index (χ1) is 9.69. The lowest BCUT2D eigenvalue weighted by atomic mass is 9.89. The number of rotatable bonds is 3. The van der Waals surface area contributed by atoms with E-state index in [9.17, 15) is 4.79 Å². The third kappa shape index (κ3) is 3.69. The summed E-state index contributed by atoms with van der Waals surface area (Å²) in [6, 6.07) is 10.0. The molecule has 1 saturated heterocycles. The fraction of sp³-hybridized carbons (Fsp3) is 0.375. The largest absolute Gasteiger partial charge is 0.351 e. The van der Waals surface area contributed by atoms with Crippen LogP contribution in [0.15, 0.2) is 36.5 Å². The maximum absolute atomic E-state index is 12.3. The quantitative estimate of drug-likeness (QED) is 0.902. The number of carbonyl (C=O) groups excluding carboxylic acids is 1. The molecule has 6 heteroatoms. The molecule has 2 heterocycles. The lowest BCUT2D eigenvalue weighted by Crippen LogP contribution is -2.40. The molecule has 120 valence electrons. The van der Waals surface area contributed by atoms with Crippen LogP contribution in [0.4, 0.5) is 0 Å². The van der Waals surface area contributed by atoms with E-state index in [0.29, 0.717) is 6.54 Å². The van der Waals surface area contributed by atoms with Crippen molar-refractivity contribution in [3.63, 3.8) is 0 Å². The first kappa shape index (κ1) is 18.7. The molecule has 0 saturated carbocycles. The van der Waals surface area contributed by atoms with Crippen LogP contribution in [0, 0.1) is 5.41 Å². The fourth-order valence-electron chi connectivity index (χ4n) is 2.71. The summed E-state index contributed by atoms with van der Waals surface area (Å²) in [5.74, 6) is 0.121. The van der Waals surface area contributed by atoms with Crippen molar-refractivity contribution in [2.75, 3.05) is 13.1 Å². The monoisotopic (exact) mass is 341 g/mol. The normalized spacial score (nSPS) is 20.0. The topological polar surface area (TPSA) is 54.0 Å². The number of amides is 1. The number of nitrogens with one attached hydrogen (secondary N) is 2. The molecule has 0 spiro atoms. The number of benzene rings is 1. The standard InChI is InChI=1S/C16H19N3O.2ClH/c1-16(7-9-17-11-16)15(20)19-10-13-5-2-4-12-6-3-8-18-14(12)13;;/h2-6,8,17H,7,9-11H2,1H3,(H,19,20);2*1H. The number of halogens is 2. The van der Waals surface area contributed by atoms with Crippen LogP contribution in [0.5, 0.6) is 0 Å². The van der Waals surface area contributed by atoms with Crippen molar-refractivity contribution in [2.24, 2.45) is 5.41 Å². The smallest absolute Gasteiger partial charge is 0.227 e. The molecule has 1 atom stereocenters. The molecular weight excluding hydrogens is 321 g/mol. The summed E-state index contributed by atoms with van der Waals surface area (Å²) < 4.78 is 0. The third-order valence-electron chi connectivity index (χ3n) is 4.07. The number of pyridine rings is 1. The first-order valence-corrected chi connectivity index (χ1v) is 7.01. The Morgan fingerprint density at radius 3 is 2.82 bits per heavy atom. The molecule has 1 unspecified atom stereocenters. The van der Waals surface area contributed by atoms with E-state index < -0.39 is 0 Å². The summed E-state index contributed by atoms with van der Waals surface area (Å²) in [7, 11) is 0. The van der Waals surface area contributed by atoms with Crippen LogP contribution in [0.25, 0.3) is 10.9 Å². The van der Waals surface area contributed by atoms with Gasteiger partial charge in [-0.15, -0.1) is 24.8 Å². The number of carbonyl (C=O) groups is 1. The number of aromatic nitrogens is 1. The SMILES string of the molecule is CC1(C(=O)NCc2cccc3cccnc23)CCNC1.Cl.Cl. The summed E-state index contributed by atoms with van der Waals surface area (Å²) >= 11 is 0. The van der Waals surface area contributed by atoms with Crippen LogP contribution in [0.3, 0.4) is 0 Å². The number of nitrogens with zero attached hydrogens (tertiary/aromatic N) is 1. The average Bonchev–Trinajstić information content (AvgIpc) is 2.93. The number of hydrogen-bond donors (Lipinski definition) is 2. The molecule has 0 bridgehead atoms. The molecule has 22 heavy (non-hydrogen) atoms. The van der Waals surface area contributed by atoms with Crippen molar-refractivity contribution in [3.05, 3.63) is 42.1 Å². The zero-order valence-electron chi connectivity index (χ0n) is 12.5. The van der Waals surface area contributed by atoms with E-state index in [2.05, 4.69) is 15.6 Å². The molecule has 1 aliphatic rings. The highest BCUT2D eigenvalue weighted by Crippen LogP contribution is 2.25. The predicted molar refractivity (Wildman–Crippen MR) is 93.7 cm³/mol. The molecule has 3 rings (SSSR count). The van der Waals surface area contributed by atoms with E-state index in [1.165, 1.54) is 0 Å². The minimum absolute atomic E-state index is 0. The fourth-order valence-corrected chi connectivity index (χ4v) is 2.71. The minimum atomic E-state index is -0.280. The van der Waals surface area contributed by atoms with Gasteiger partial charge in [-0.1, -0.05) is 24.3 Å². The highest BCUT2D eigenvalue weighted by atomic mass is 35.5. The van der Waals surface area contributed by atoms with E-state index in [1.54, 1.807) is 6.20 Å². The van der Waals surface area contributed by atoms with Crippen molar-refractivity contribution in [1.82, 2.24) is 15.6 Å². The van der Waals surface area contributed by atoms with Gasteiger partial charge in [0.25, 0.3) is 0 Å². The van der Waals surface area contributed by atoms with Gasteiger partial charge in [-0.3, -0.25) is 9.78 Å². The number of hydrogen-bond acceptors (Lipinski definition) is 3. The van der Waals surface area contributed by atoms with E-state index in [0.717, 1.165) is 36.0 Å². The summed E-state index contributed by atoms with van der Waals surface area (Å²) in [6.07, 6.45) is 2.68. The van der Waals surface area contributed by atoms with Crippen LogP contribution in [0.1, 0.15) is 18.9 Å². The lowest BCUT2D eigenvalue weighted by molar-refractivity contribution is -0.129. The Hall–Kier alpha value is -1.36. The molecule has 1 aliphatic heterocycles. The second kappa shape index (κ2) is 7.77. The van der Waals surface area contributed by atoms with Gasteiger partial charge >= 0.3 is 0 Å². The maximum Gasteiger partial charge on any atom is 0.227 e. The molecular formula is C16H21Cl2N3O. The van der Waals surface area contributed by atoms with Gasteiger partial charge in [0, 0.05) is 24.7 Å². The van der Waals surface area contributed by atoms with Crippen LogP contribution >= 0.6 is 24.8 Å². The highest BCUT2D eigenvalue weighted by Gasteiger charge is 2.35. The molecule has 2 N–H and O–H groups in total. The van der Waals surface area contributed by atoms with E-state index in [4.69, 9.17) is 0 Å². The van der Waals surface area contributed by atoms with Gasteiger partial charge < -0.3 is 10.6 Å². The molecule has 1 aromatic carbocycles. The Kier molecular flexibility index (Phi) is 6.60. The maximum atomic E-state index is 12.3. The van der Waals surface area contributed by atoms with Crippen molar-refractivity contribution in [2.45, 2.75) is 19.9 Å². The Bertz CT molecular complexity index is 637. The first-order valence-electron chi connectivity index (χ1n) is 7.01. The van der Waals surface area contributed by atoms with Gasteiger partial charge in [0.2, 0.25) is 5.91 Å². The van der Waals surface area contributed by atoms with E-state index in [-0.39, 0.29) is 36.1 Å². The highest BCUT2D eigenvalue weighted by molar-refractivity contribution is 5.86. The van der Waals surface area contributed by atoms with Gasteiger partial charge in [-0.2, -0.15) is 0 Å². The van der Waals surface area contributed by atoms with E-state index >= 15 is 0 Å². The summed E-state index contributed by atoms with van der Waals surface area (Å²) in [5, 5.41) is 7.41. The van der Waals surface area contributed by atoms with Gasteiger partial charge in [0.15, 0.2) is 0 Å². The van der Waals surface area contributed by atoms with Crippen LogP contribution in [0.2, 0.25) is 0 Å². The number of fused-ring (bicyclic) bond motifs is 1. The zero-order chi connectivity index (χ0) is 14.0. The molecule has 1 fully saturated rings. The second-order valence-electron chi connectivity index (χ2n) is 5.66. The Morgan fingerprint density at radius 1 is 1.32 bits per heavy atom. The van der Waals surface area contributed by atoms with Crippen molar-refractivity contribution < 1.29 is 4.79 Å². The van der Waals surface area contributed by atoms with Gasteiger partial charge in [0.1, 0.15) is 0 Å². The summed E-state index contributed by atoms with van der Waals surface area (Å²) in [4.78, 5) is 16.7. The molecule has 1 amide bonds.